The molecule has 2 rings (SSSR count). The Kier molecular flexibility index (Phi) is 4.39. The van der Waals surface area contributed by atoms with Crippen molar-refractivity contribution in [1.29, 1.82) is 0 Å². The maximum atomic E-state index is 11.9. The van der Waals surface area contributed by atoms with Gasteiger partial charge in [0, 0.05) is 18.0 Å². The molecular weight excluding hydrogens is 260 g/mol. The fourth-order valence-corrected chi connectivity index (χ4v) is 2.74. The van der Waals surface area contributed by atoms with Crippen molar-refractivity contribution >= 4 is 28.8 Å². The molecule has 0 aliphatic carbocycles. The second-order valence-corrected chi connectivity index (χ2v) is 5.68. The van der Waals surface area contributed by atoms with Crippen molar-refractivity contribution in [3.8, 4) is 0 Å². The molecule has 2 unspecified atom stereocenters. The summed E-state index contributed by atoms with van der Waals surface area (Å²) in [6.07, 6.45) is -0.387. The Labute approximate surface area is 109 Å². The molecule has 1 saturated heterocycles. The van der Waals surface area contributed by atoms with E-state index in [1.54, 1.807) is 0 Å². The highest BCUT2D eigenvalue weighted by atomic mass is 35.5. The van der Waals surface area contributed by atoms with Crippen LogP contribution < -0.4 is 10.6 Å². The monoisotopic (exact) mass is 274 g/mol. The largest absolute Gasteiger partial charge is 0.366 e. The van der Waals surface area contributed by atoms with Crippen molar-refractivity contribution < 1.29 is 9.53 Å². The summed E-state index contributed by atoms with van der Waals surface area (Å²) in [5.74, 6) is -0.0748. The second kappa shape index (κ2) is 5.82. The number of amides is 1. The maximum Gasteiger partial charge on any atom is 0.250 e. The number of thiophene rings is 1. The number of carbonyl (C=O) groups excluding carboxylic acids is 1. The molecule has 1 fully saturated rings. The molecule has 2 atom stereocenters. The topological polar surface area (TPSA) is 50.4 Å². The third-order valence-electron chi connectivity index (χ3n) is 2.60. The second-order valence-electron chi connectivity index (χ2n) is 3.94. The number of carbonyl (C=O) groups is 1. The number of morpholine rings is 1. The zero-order valence-electron chi connectivity index (χ0n) is 9.53. The van der Waals surface area contributed by atoms with E-state index >= 15 is 0 Å². The highest BCUT2D eigenvalue weighted by molar-refractivity contribution is 7.16. The summed E-state index contributed by atoms with van der Waals surface area (Å²) in [4.78, 5) is 12.9. The highest BCUT2D eigenvalue weighted by Crippen LogP contribution is 2.26. The fourth-order valence-electron chi connectivity index (χ4n) is 1.67. The molecule has 1 aromatic rings. The summed E-state index contributed by atoms with van der Waals surface area (Å²) < 4.78 is 6.12. The summed E-state index contributed by atoms with van der Waals surface area (Å²) in [5.41, 5.74) is 0. The van der Waals surface area contributed by atoms with Gasteiger partial charge in [-0.2, -0.15) is 0 Å². The maximum absolute atomic E-state index is 11.9. The molecule has 0 bridgehead atoms. The molecule has 0 spiro atoms. The van der Waals surface area contributed by atoms with Gasteiger partial charge in [-0.3, -0.25) is 4.79 Å². The van der Waals surface area contributed by atoms with Crippen molar-refractivity contribution in [3.05, 3.63) is 21.3 Å². The molecule has 4 nitrogen and oxygen atoms in total. The first kappa shape index (κ1) is 12.8. The van der Waals surface area contributed by atoms with Crippen LogP contribution >= 0.6 is 22.9 Å². The van der Waals surface area contributed by atoms with E-state index in [2.05, 4.69) is 10.6 Å². The average Bonchev–Trinajstić information content (AvgIpc) is 2.77. The number of hydrogen-bond acceptors (Lipinski definition) is 4. The van der Waals surface area contributed by atoms with Crippen LogP contribution in [0.25, 0.3) is 0 Å². The minimum absolute atomic E-state index is 0.0365. The van der Waals surface area contributed by atoms with Gasteiger partial charge in [0.2, 0.25) is 0 Å². The highest BCUT2D eigenvalue weighted by Gasteiger charge is 2.23. The van der Waals surface area contributed by atoms with Crippen LogP contribution in [0.3, 0.4) is 0 Å². The molecule has 1 aromatic heterocycles. The van der Waals surface area contributed by atoms with E-state index in [1.807, 2.05) is 19.1 Å². The molecule has 2 heterocycles. The van der Waals surface area contributed by atoms with Crippen LogP contribution in [0.5, 0.6) is 0 Å². The standard InChI is InChI=1S/C11H15ClN2O2S/c1-7(9-2-3-10(12)17-9)14-11(15)8-6-13-4-5-16-8/h2-3,7-8,13H,4-6H2,1H3,(H,14,15). The van der Waals surface area contributed by atoms with Gasteiger partial charge in [0.05, 0.1) is 17.0 Å². The number of halogens is 1. The first-order valence-electron chi connectivity index (χ1n) is 5.55. The molecule has 94 valence electrons. The third kappa shape index (κ3) is 3.42. The van der Waals surface area contributed by atoms with Crippen molar-refractivity contribution in [3.63, 3.8) is 0 Å². The molecule has 17 heavy (non-hydrogen) atoms. The molecular formula is C11H15ClN2O2S. The number of nitrogens with one attached hydrogen (secondary N) is 2. The minimum Gasteiger partial charge on any atom is -0.366 e. The van der Waals surface area contributed by atoms with Gasteiger partial charge in [0.1, 0.15) is 6.10 Å². The lowest BCUT2D eigenvalue weighted by molar-refractivity contribution is -0.134. The summed E-state index contributed by atoms with van der Waals surface area (Å²) >= 11 is 7.34. The first-order valence-corrected chi connectivity index (χ1v) is 6.74. The van der Waals surface area contributed by atoms with Crippen LogP contribution in [0.2, 0.25) is 4.34 Å². The molecule has 2 N–H and O–H groups in total. The molecule has 0 radical (unpaired) electrons. The Balaban J connectivity index is 1.89. The van der Waals surface area contributed by atoms with Crippen LogP contribution in [0, 0.1) is 0 Å². The van der Waals surface area contributed by atoms with Crippen LogP contribution in [0.1, 0.15) is 17.8 Å². The minimum atomic E-state index is -0.387. The van der Waals surface area contributed by atoms with Crippen LogP contribution in [0.4, 0.5) is 0 Å². The van der Waals surface area contributed by atoms with E-state index in [0.29, 0.717) is 13.2 Å². The molecule has 1 aliphatic rings. The van der Waals surface area contributed by atoms with E-state index in [-0.39, 0.29) is 18.1 Å². The fraction of sp³-hybridized carbons (Fsp3) is 0.545. The Morgan fingerprint density at radius 1 is 1.71 bits per heavy atom. The van der Waals surface area contributed by atoms with Crippen molar-refractivity contribution in [1.82, 2.24) is 10.6 Å². The van der Waals surface area contributed by atoms with Crippen LogP contribution in [-0.2, 0) is 9.53 Å². The van der Waals surface area contributed by atoms with Gasteiger partial charge >= 0.3 is 0 Å². The molecule has 1 amide bonds. The van der Waals surface area contributed by atoms with E-state index in [9.17, 15) is 4.79 Å². The Hall–Kier alpha value is -0.620. The number of rotatable bonds is 3. The van der Waals surface area contributed by atoms with E-state index in [1.165, 1.54) is 11.3 Å². The lowest BCUT2D eigenvalue weighted by atomic mass is 10.2. The average molecular weight is 275 g/mol. The molecule has 0 aromatic carbocycles. The summed E-state index contributed by atoms with van der Waals surface area (Å²) in [6, 6.07) is 3.73. The van der Waals surface area contributed by atoms with Gasteiger partial charge in [-0.1, -0.05) is 11.6 Å². The van der Waals surface area contributed by atoms with Crippen LogP contribution in [0.15, 0.2) is 12.1 Å². The van der Waals surface area contributed by atoms with E-state index in [4.69, 9.17) is 16.3 Å². The molecule has 0 saturated carbocycles. The van der Waals surface area contributed by atoms with E-state index in [0.717, 1.165) is 15.8 Å². The quantitative estimate of drug-likeness (QED) is 0.880. The Bertz CT molecular complexity index is 391. The van der Waals surface area contributed by atoms with Gasteiger partial charge in [0.25, 0.3) is 5.91 Å². The third-order valence-corrected chi connectivity index (χ3v) is 4.01. The van der Waals surface area contributed by atoms with Crippen LogP contribution in [-0.4, -0.2) is 31.7 Å². The molecule has 6 heteroatoms. The zero-order chi connectivity index (χ0) is 12.3. The van der Waals surface area contributed by atoms with Crippen molar-refractivity contribution in [2.24, 2.45) is 0 Å². The number of ether oxygens (including phenoxy) is 1. The van der Waals surface area contributed by atoms with Crippen molar-refractivity contribution in [2.75, 3.05) is 19.7 Å². The van der Waals surface area contributed by atoms with Gasteiger partial charge < -0.3 is 15.4 Å². The Morgan fingerprint density at radius 2 is 2.53 bits per heavy atom. The Morgan fingerprint density at radius 3 is 3.12 bits per heavy atom. The smallest absolute Gasteiger partial charge is 0.250 e. The lowest BCUT2D eigenvalue weighted by Gasteiger charge is -2.24. The lowest BCUT2D eigenvalue weighted by Crippen LogP contribution is -2.48. The van der Waals surface area contributed by atoms with Gasteiger partial charge in [0.15, 0.2) is 0 Å². The SMILES string of the molecule is CC(NC(=O)C1CNCCO1)c1ccc(Cl)s1. The molecule has 1 aliphatic heterocycles. The predicted octanol–water partition coefficient (Wildman–Crippen LogP) is 1.57. The van der Waals surface area contributed by atoms with E-state index < -0.39 is 0 Å². The summed E-state index contributed by atoms with van der Waals surface area (Å²) in [7, 11) is 0. The summed E-state index contributed by atoms with van der Waals surface area (Å²) in [5, 5.41) is 6.06. The first-order chi connectivity index (χ1) is 8.16. The predicted molar refractivity (Wildman–Crippen MR) is 68.5 cm³/mol. The van der Waals surface area contributed by atoms with Gasteiger partial charge in [-0.15, -0.1) is 11.3 Å². The van der Waals surface area contributed by atoms with Gasteiger partial charge in [-0.05, 0) is 19.1 Å². The summed E-state index contributed by atoms with van der Waals surface area (Å²) in [6.45, 7) is 3.90. The number of hydrogen-bond donors (Lipinski definition) is 2. The van der Waals surface area contributed by atoms with Gasteiger partial charge in [-0.25, -0.2) is 0 Å². The normalized spacial score (nSPS) is 22.1. The zero-order valence-corrected chi connectivity index (χ0v) is 11.1. The van der Waals surface area contributed by atoms with Crippen molar-refractivity contribution in [2.45, 2.75) is 19.1 Å².